The molecular weight excluding hydrogens is 474 g/mol. The summed E-state index contributed by atoms with van der Waals surface area (Å²) in [6, 6.07) is 17.3. The minimum atomic E-state index is -0.886. The van der Waals surface area contributed by atoms with E-state index in [-0.39, 0.29) is 11.8 Å². The molecule has 1 unspecified atom stereocenters. The van der Waals surface area contributed by atoms with Crippen LogP contribution in [-0.4, -0.2) is 57.3 Å². The molecule has 2 N–H and O–H groups in total. The van der Waals surface area contributed by atoms with Gasteiger partial charge in [0.15, 0.2) is 5.16 Å². The van der Waals surface area contributed by atoms with E-state index in [1.807, 2.05) is 61.6 Å². The van der Waals surface area contributed by atoms with Gasteiger partial charge >= 0.3 is 5.97 Å². The highest BCUT2D eigenvalue weighted by Crippen LogP contribution is 2.28. The Labute approximate surface area is 216 Å². The van der Waals surface area contributed by atoms with Crippen LogP contribution in [0.25, 0.3) is 11.3 Å². The summed E-state index contributed by atoms with van der Waals surface area (Å²) in [5.41, 5.74) is 2.76. The molecule has 1 atom stereocenters. The average molecular weight is 508 g/mol. The number of ether oxygens (including phenoxy) is 1. The standard InChI is InChI=1S/C28H33N3O4S/c1-31(26(32)22-10-6-3-7-11-22)16-17-35-23-14-12-20(13-15-23)18-25(27(33)34)36-28-29-19-24(30-28)21-8-4-2-5-9-21/h2,4-5,8-9,12-15,19,22,25H,3,6-7,10-11,16-18H2,1H3,(H,29,30)(H,33,34). The number of hydrogen-bond acceptors (Lipinski definition) is 5. The van der Waals surface area contributed by atoms with Gasteiger partial charge in [-0.15, -0.1) is 0 Å². The Morgan fingerprint density at radius 2 is 1.83 bits per heavy atom. The van der Waals surface area contributed by atoms with Gasteiger partial charge in [-0.25, -0.2) is 4.98 Å². The van der Waals surface area contributed by atoms with Crippen molar-refractivity contribution in [2.24, 2.45) is 5.92 Å². The van der Waals surface area contributed by atoms with Crippen LogP contribution in [0.1, 0.15) is 37.7 Å². The molecule has 1 saturated carbocycles. The number of carboxylic acid groups (broad SMARTS) is 1. The average Bonchev–Trinajstić information content (AvgIpc) is 3.38. The van der Waals surface area contributed by atoms with Crippen LogP contribution < -0.4 is 4.74 Å². The molecule has 36 heavy (non-hydrogen) atoms. The van der Waals surface area contributed by atoms with E-state index in [2.05, 4.69) is 9.97 Å². The molecule has 8 heteroatoms. The van der Waals surface area contributed by atoms with Crippen LogP contribution in [0.2, 0.25) is 0 Å². The largest absolute Gasteiger partial charge is 0.492 e. The number of aromatic amines is 1. The number of amides is 1. The maximum Gasteiger partial charge on any atom is 0.317 e. The van der Waals surface area contributed by atoms with Crippen molar-refractivity contribution in [1.29, 1.82) is 0 Å². The summed E-state index contributed by atoms with van der Waals surface area (Å²) in [6.45, 7) is 0.965. The first kappa shape index (κ1) is 25.8. The van der Waals surface area contributed by atoms with E-state index >= 15 is 0 Å². The van der Waals surface area contributed by atoms with Gasteiger partial charge in [-0.1, -0.05) is 73.5 Å². The molecule has 7 nitrogen and oxygen atoms in total. The van der Waals surface area contributed by atoms with Crippen LogP contribution in [0.3, 0.4) is 0 Å². The number of likely N-dealkylation sites (N-methyl/N-ethyl adjacent to an activating group) is 1. The number of carbonyl (C=O) groups excluding carboxylic acids is 1. The van der Waals surface area contributed by atoms with E-state index in [9.17, 15) is 14.7 Å². The van der Waals surface area contributed by atoms with Crippen molar-refractivity contribution in [3.05, 3.63) is 66.4 Å². The van der Waals surface area contributed by atoms with E-state index in [1.54, 1.807) is 11.1 Å². The van der Waals surface area contributed by atoms with Crippen LogP contribution in [-0.2, 0) is 16.0 Å². The van der Waals surface area contributed by atoms with Gasteiger partial charge in [0.1, 0.15) is 17.6 Å². The highest BCUT2D eigenvalue weighted by molar-refractivity contribution is 8.00. The molecule has 1 aromatic heterocycles. The van der Waals surface area contributed by atoms with Gasteiger partial charge in [0, 0.05) is 13.0 Å². The highest BCUT2D eigenvalue weighted by atomic mass is 32.2. The van der Waals surface area contributed by atoms with Gasteiger partial charge in [0.25, 0.3) is 0 Å². The molecule has 1 fully saturated rings. The number of hydrogen-bond donors (Lipinski definition) is 2. The molecule has 190 valence electrons. The van der Waals surface area contributed by atoms with E-state index in [0.717, 1.165) is 42.5 Å². The van der Waals surface area contributed by atoms with Crippen molar-refractivity contribution in [1.82, 2.24) is 14.9 Å². The SMILES string of the molecule is CN(CCOc1ccc(CC(Sc2ncc(-c3ccccc3)[nH]2)C(=O)O)cc1)C(=O)C1CCCCC1. The van der Waals surface area contributed by atoms with E-state index in [4.69, 9.17) is 4.74 Å². The third kappa shape index (κ3) is 7.13. The summed E-state index contributed by atoms with van der Waals surface area (Å²) in [6.07, 6.45) is 7.60. The minimum absolute atomic E-state index is 0.161. The molecule has 0 aliphatic heterocycles. The Bertz CT molecular complexity index is 1130. The fraction of sp³-hybridized carbons (Fsp3) is 0.393. The van der Waals surface area contributed by atoms with Gasteiger partial charge < -0.3 is 19.7 Å². The molecule has 1 aliphatic rings. The minimum Gasteiger partial charge on any atom is -0.492 e. The fourth-order valence-electron chi connectivity index (χ4n) is 4.45. The lowest BCUT2D eigenvalue weighted by atomic mass is 9.88. The molecular formula is C28H33N3O4S. The van der Waals surface area contributed by atoms with E-state index in [0.29, 0.717) is 30.5 Å². The molecule has 0 bridgehead atoms. The number of carboxylic acids is 1. The highest BCUT2D eigenvalue weighted by Gasteiger charge is 2.24. The monoisotopic (exact) mass is 507 g/mol. The van der Waals surface area contributed by atoms with Crippen LogP contribution in [0.5, 0.6) is 5.75 Å². The molecule has 1 amide bonds. The number of nitrogens with one attached hydrogen (secondary N) is 1. The normalized spacial score (nSPS) is 14.8. The summed E-state index contributed by atoms with van der Waals surface area (Å²) in [5, 5.41) is 9.66. The number of aliphatic carboxylic acids is 1. The van der Waals surface area contributed by atoms with E-state index < -0.39 is 11.2 Å². The second-order valence-electron chi connectivity index (χ2n) is 9.20. The number of H-pyrrole nitrogens is 1. The Hall–Kier alpha value is -3.26. The van der Waals surface area contributed by atoms with Crippen LogP contribution in [0.4, 0.5) is 0 Å². The molecule has 4 rings (SSSR count). The fourth-order valence-corrected chi connectivity index (χ4v) is 5.38. The first-order valence-corrected chi connectivity index (χ1v) is 13.3. The van der Waals surface area contributed by atoms with Crippen molar-refractivity contribution in [2.75, 3.05) is 20.2 Å². The van der Waals surface area contributed by atoms with E-state index in [1.165, 1.54) is 18.2 Å². The summed E-state index contributed by atoms with van der Waals surface area (Å²) < 4.78 is 5.83. The van der Waals surface area contributed by atoms with Gasteiger partial charge in [0.05, 0.1) is 18.4 Å². The first-order chi connectivity index (χ1) is 17.5. The number of aromatic nitrogens is 2. The number of nitrogens with zero attached hydrogens (tertiary/aromatic N) is 2. The maximum absolute atomic E-state index is 12.6. The Morgan fingerprint density at radius 3 is 2.53 bits per heavy atom. The zero-order chi connectivity index (χ0) is 25.3. The van der Waals surface area contributed by atoms with Crippen molar-refractivity contribution in [2.45, 2.75) is 48.9 Å². The lowest BCUT2D eigenvalue weighted by Crippen LogP contribution is -2.36. The third-order valence-corrected chi connectivity index (χ3v) is 7.62. The van der Waals surface area contributed by atoms with Crippen molar-refractivity contribution < 1.29 is 19.4 Å². The molecule has 0 spiro atoms. The Kier molecular flexibility index (Phi) is 9.06. The molecule has 0 saturated heterocycles. The second-order valence-corrected chi connectivity index (χ2v) is 10.4. The van der Waals surface area contributed by atoms with Crippen molar-refractivity contribution in [3.63, 3.8) is 0 Å². The lowest BCUT2D eigenvalue weighted by molar-refractivity contribution is -0.136. The maximum atomic E-state index is 12.6. The summed E-state index contributed by atoms with van der Waals surface area (Å²) in [7, 11) is 1.84. The Morgan fingerprint density at radius 1 is 1.11 bits per heavy atom. The number of thioether (sulfide) groups is 1. The summed E-state index contributed by atoms with van der Waals surface area (Å²) in [5.74, 6) is 0.200. The van der Waals surface area contributed by atoms with Crippen LogP contribution >= 0.6 is 11.8 Å². The second kappa shape index (κ2) is 12.6. The molecule has 1 aliphatic carbocycles. The topological polar surface area (TPSA) is 95.5 Å². The molecule has 1 heterocycles. The van der Waals surface area contributed by atoms with Crippen molar-refractivity contribution >= 4 is 23.6 Å². The molecule has 0 radical (unpaired) electrons. The predicted molar refractivity (Wildman–Crippen MR) is 141 cm³/mol. The predicted octanol–water partition coefficient (Wildman–Crippen LogP) is 5.28. The van der Waals surface area contributed by atoms with Crippen LogP contribution in [0.15, 0.2) is 66.0 Å². The number of carbonyl (C=O) groups is 2. The summed E-state index contributed by atoms with van der Waals surface area (Å²) >= 11 is 1.21. The zero-order valence-corrected chi connectivity index (χ0v) is 21.4. The number of benzene rings is 2. The van der Waals surface area contributed by atoms with Gasteiger partial charge in [-0.05, 0) is 42.5 Å². The van der Waals surface area contributed by atoms with Gasteiger partial charge in [-0.3, -0.25) is 9.59 Å². The van der Waals surface area contributed by atoms with Crippen LogP contribution in [0, 0.1) is 5.92 Å². The Balaban J connectivity index is 1.26. The zero-order valence-electron chi connectivity index (χ0n) is 20.6. The summed E-state index contributed by atoms with van der Waals surface area (Å²) in [4.78, 5) is 33.8. The van der Waals surface area contributed by atoms with Crippen molar-refractivity contribution in [3.8, 4) is 17.0 Å². The number of imidazole rings is 1. The quantitative estimate of drug-likeness (QED) is 0.343. The smallest absolute Gasteiger partial charge is 0.317 e. The van der Waals surface area contributed by atoms with Gasteiger partial charge in [-0.2, -0.15) is 0 Å². The third-order valence-electron chi connectivity index (χ3n) is 6.54. The first-order valence-electron chi connectivity index (χ1n) is 12.5. The molecule has 2 aromatic carbocycles. The number of rotatable bonds is 11. The van der Waals surface area contributed by atoms with Gasteiger partial charge in [0.2, 0.25) is 5.91 Å². The lowest BCUT2D eigenvalue weighted by Gasteiger charge is -2.26. The molecule has 3 aromatic rings.